The van der Waals surface area contributed by atoms with Gasteiger partial charge in [0.25, 0.3) is 7.82 Å². The number of hydrogen-bond donors (Lipinski definition) is 4. The molecule has 4 rings (SSSR count). The summed E-state index contributed by atoms with van der Waals surface area (Å²) in [4.78, 5) is 27.7. The maximum absolute atomic E-state index is 10.8. The smallest absolute Gasteiger partial charge is 0.756 e. The van der Waals surface area contributed by atoms with Crippen LogP contribution in [0.25, 0.3) is 22.4 Å². The Morgan fingerprint density at radius 3 is 2.76 bits per heavy atom. The fraction of sp³-hybridized carbons (Fsp3) is 0.333. The van der Waals surface area contributed by atoms with E-state index in [9.17, 15) is 19.7 Å². The Hall–Kier alpha value is -1.31. The maximum atomic E-state index is 10.8. The van der Waals surface area contributed by atoms with Gasteiger partial charge in [0.05, 0.1) is 18.3 Å². The van der Waals surface area contributed by atoms with Gasteiger partial charge in [-0.1, -0.05) is 0 Å². The van der Waals surface area contributed by atoms with Crippen molar-refractivity contribution in [1.29, 1.82) is 0 Å². The normalized spacial score (nSPS) is 26.3. The maximum Gasteiger partial charge on any atom is 1.00 e. The van der Waals surface area contributed by atoms with Crippen molar-refractivity contribution in [3.05, 3.63) is 30.9 Å². The molecule has 0 spiro atoms. The first-order valence-electron chi connectivity index (χ1n) is 8.11. The van der Waals surface area contributed by atoms with Crippen LogP contribution in [0, 0.1) is 0 Å². The zero-order chi connectivity index (χ0) is 20.1. The molecule has 29 heavy (non-hydrogen) atoms. The van der Waals surface area contributed by atoms with Gasteiger partial charge in [-0.15, -0.1) is 0 Å². The SMILES string of the molecule is Nc1ncnc2c1c(-c1ccco1)cn2[C@@H]1O[C@H](COP(=O)([O-])O)C(O)[C@@H]1O.[Na+]. The van der Waals surface area contributed by atoms with Crippen molar-refractivity contribution in [2.75, 3.05) is 12.3 Å². The summed E-state index contributed by atoms with van der Waals surface area (Å²) in [5.74, 6) is 0.654. The van der Waals surface area contributed by atoms with E-state index in [-0.39, 0.29) is 35.4 Å². The van der Waals surface area contributed by atoms with Crippen LogP contribution in [-0.2, 0) is 13.8 Å². The average Bonchev–Trinajstić information content (AvgIpc) is 3.33. The molecule has 0 saturated carbocycles. The van der Waals surface area contributed by atoms with Crippen LogP contribution in [0.1, 0.15) is 6.23 Å². The van der Waals surface area contributed by atoms with E-state index in [2.05, 4.69) is 14.5 Å². The molecule has 2 unspecified atom stereocenters. The Bertz CT molecular complexity index is 1040. The van der Waals surface area contributed by atoms with Crippen molar-refractivity contribution in [2.45, 2.75) is 24.5 Å². The monoisotopic (exact) mass is 434 g/mol. The van der Waals surface area contributed by atoms with Gasteiger partial charge in [-0.3, -0.25) is 4.57 Å². The minimum atomic E-state index is -5.01. The Morgan fingerprint density at radius 2 is 2.10 bits per heavy atom. The minimum absolute atomic E-state index is 0. The molecule has 5 atom stereocenters. The summed E-state index contributed by atoms with van der Waals surface area (Å²) >= 11 is 0. The Balaban J connectivity index is 0.00000240. The molecule has 1 saturated heterocycles. The van der Waals surface area contributed by atoms with Crippen molar-refractivity contribution in [2.24, 2.45) is 0 Å². The van der Waals surface area contributed by atoms with Crippen molar-refractivity contribution in [1.82, 2.24) is 14.5 Å². The van der Waals surface area contributed by atoms with E-state index < -0.39 is 39.0 Å². The van der Waals surface area contributed by atoms with Crippen LogP contribution < -0.4 is 40.2 Å². The molecule has 0 amide bonds. The predicted octanol–water partition coefficient (Wildman–Crippen LogP) is -3.63. The summed E-state index contributed by atoms with van der Waals surface area (Å²) in [5.41, 5.74) is 6.84. The first-order chi connectivity index (χ1) is 13.3. The van der Waals surface area contributed by atoms with Crippen molar-refractivity contribution >= 4 is 24.7 Å². The fourth-order valence-electron chi connectivity index (χ4n) is 3.19. The van der Waals surface area contributed by atoms with Gasteiger partial charge < -0.3 is 44.0 Å². The molecule has 12 nitrogen and oxygen atoms in total. The van der Waals surface area contributed by atoms with Crippen LogP contribution in [0.3, 0.4) is 0 Å². The number of nitrogens with zero attached hydrogens (tertiary/aromatic N) is 3. The summed E-state index contributed by atoms with van der Waals surface area (Å²) < 4.78 is 27.5. The van der Waals surface area contributed by atoms with E-state index in [0.717, 1.165) is 0 Å². The molecular formula is C15H16N4NaO8P. The van der Waals surface area contributed by atoms with Crippen molar-refractivity contribution < 1.29 is 67.8 Å². The molecule has 150 valence electrons. The van der Waals surface area contributed by atoms with E-state index in [1.165, 1.54) is 17.2 Å². The summed E-state index contributed by atoms with van der Waals surface area (Å²) in [7, 11) is -5.01. The number of rotatable bonds is 5. The first-order valence-corrected chi connectivity index (χ1v) is 9.60. The zero-order valence-electron chi connectivity index (χ0n) is 15.2. The van der Waals surface area contributed by atoms with Gasteiger partial charge in [-0.25, -0.2) is 9.97 Å². The quantitative estimate of drug-likeness (QED) is 0.229. The second-order valence-electron chi connectivity index (χ2n) is 6.20. The van der Waals surface area contributed by atoms with Crippen LogP contribution >= 0.6 is 7.82 Å². The molecule has 0 bridgehead atoms. The third-order valence-corrected chi connectivity index (χ3v) is 4.91. The molecule has 1 aliphatic rings. The molecule has 1 fully saturated rings. The summed E-state index contributed by atoms with van der Waals surface area (Å²) in [5, 5.41) is 21.1. The minimum Gasteiger partial charge on any atom is -0.756 e. The largest absolute Gasteiger partial charge is 1.00 e. The van der Waals surface area contributed by atoms with Gasteiger partial charge in [0.15, 0.2) is 6.23 Å². The number of phosphoric ester groups is 1. The molecule has 14 heteroatoms. The summed E-state index contributed by atoms with van der Waals surface area (Å²) in [6, 6.07) is 3.39. The number of hydrogen-bond acceptors (Lipinski definition) is 10. The number of nitrogens with two attached hydrogens (primary N) is 1. The number of anilines is 1. The van der Waals surface area contributed by atoms with E-state index in [1.807, 2.05) is 0 Å². The molecule has 0 aliphatic carbocycles. The molecule has 0 radical (unpaired) electrons. The number of aromatic nitrogens is 3. The van der Waals surface area contributed by atoms with Gasteiger partial charge in [0.2, 0.25) is 0 Å². The molecule has 5 N–H and O–H groups in total. The number of fused-ring (bicyclic) bond motifs is 1. The molecule has 4 heterocycles. The average molecular weight is 434 g/mol. The number of nitrogen functional groups attached to an aromatic ring is 1. The van der Waals surface area contributed by atoms with Crippen LogP contribution in [-0.4, -0.2) is 54.6 Å². The van der Waals surface area contributed by atoms with Crippen LogP contribution in [0.15, 0.2) is 35.3 Å². The number of phosphoric acid groups is 1. The standard InChI is InChI=1S/C15H17N4O8P.Na/c16-13-10-7(8-2-1-3-25-8)4-19(14(10)18-6-17-13)15-12(21)11(20)9(27-15)5-26-28(22,23)24;/h1-4,6,9,11-12,15,20-21H,5H2,(H2,16,17,18)(H2,22,23,24);/q;+1/p-1/t9-,11?,12+,15-;/m1./s1. The summed E-state index contributed by atoms with van der Waals surface area (Å²) in [6.45, 7) is -0.673. The third-order valence-electron chi connectivity index (χ3n) is 4.44. The molecule has 1 aliphatic heterocycles. The van der Waals surface area contributed by atoms with Gasteiger partial charge in [0, 0.05) is 11.8 Å². The zero-order valence-corrected chi connectivity index (χ0v) is 18.0. The van der Waals surface area contributed by atoms with E-state index >= 15 is 0 Å². The van der Waals surface area contributed by atoms with E-state index in [4.69, 9.17) is 19.8 Å². The number of furan rings is 1. The first kappa shape index (κ1) is 22.4. The second kappa shape index (κ2) is 8.44. The second-order valence-corrected chi connectivity index (χ2v) is 7.39. The third kappa shape index (κ3) is 4.28. The van der Waals surface area contributed by atoms with Gasteiger partial charge in [-0.05, 0) is 12.1 Å². The van der Waals surface area contributed by atoms with Gasteiger partial charge in [-0.2, -0.15) is 0 Å². The van der Waals surface area contributed by atoms with Crippen LogP contribution in [0.2, 0.25) is 0 Å². The number of aliphatic hydroxyl groups is 2. The Labute approximate surface area is 185 Å². The number of aliphatic hydroxyl groups excluding tert-OH is 2. The van der Waals surface area contributed by atoms with Gasteiger partial charge in [0.1, 0.15) is 41.9 Å². The molecule has 0 aromatic carbocycles. The molecule has 3 aromatic heterocycles. The molecule has 3 aromatic rings. The fourth-order valence-corrected chi connectivity index (χ4v) is 3.52. The van der Waals surface area contributed by atoms with Crippen LogP contribution in [0.5, 0.6) is 0 Å². The van der Waals surface area contributed by atoms with E-state index in [1.54, 1.807) is 18.3 Å². The van der Waals surface area contributed by atoms with Gasteiger partial charge >= 0.3 is 29.6 Å². The Kier molecular flexibility index (Phi) is 6.51. The van der Waals surface area contributed by atoms with Crippen molar-refractivity contribution in [3.63, 3.8) is 0 Å². The van der Waals surface area contributed by atoms with Crippen molar-refractivity contribution in [3.8, 4) is 11.3 Å². The predicted molar refractivity (Wildman–Crippen MR) is 91.3 cm³/mol. The topological polar surface area (TPSA) is 189 Å². The number of ether oxygens (including phenoxy) is 1. The summed E-state index contributed by atoms with van der Waals surface area (Å²) in [6.07, 6.45) is -0.963. The van der Waals surface area contributed by atoms with E-state index in [0.29, 0.717) is 22.4 Å². The Morgan fingerprint density at radius 1 is 1.34 bits per heavy atom. The molecular weight excluding hydrogens is 418 g/mol. The van der Waals surface area contributed by atoms with Crippen LogP contribution in [0.4, 0.5) is 5.82 Å².